The maximum Gasteiger partial charge on any atom is 0.225 e. The molecule has 1 aliphatic heterocycles. The summed E-state index contributed by atoms with van der Waals surface area (Å²) >= 11 is 0. The van der Waals surface area contributed by atoms with Crippen molar-refractivity contribution < 1.29 is 9.90 Å². The average Bonchev–Trinajstić information content (AvgIpc) is 3.17. The summed E-state index contributed by atoms with van der Waals surface area (Å²) < 4.78 is 2.16. The molecule has 0 saturated carbocycles. The van der Waals surface area contributed by atoms with Gasteiger partial charge < -0.3 is 19.5 Å². The molecule has 1 amide bonds. The molecule has 0 radical (unpaired) electrons. The van der Waals surface area contributed by atoms with Crippen LogP contribution in [0.5, 0.6) is 0 Å². The number of anilines is 1. The number of rotatable bonds is 8. The van der Waals surface area contributed by atoms with E-state index in [9.17, 15) is 9.90 Å². The van der Waals surface area contributed by atoms with Gasteiger partial charge in [-0.15, -0.1) is 0 Å². The Kier molecular flexibility index (Phi) is 6.96. The van der Waals surface area contributed by atoms with Gasteiger partial charge in [0.05, 0.1) is 5.56 Å². The molecule has 4 rings (SSSR count). The van der Waals surface area contributed by atoms with Crippen molar-refractivity contribution in [2.24, 2.45) is 13.0 Å². The third-order valence-corrected chi connectivity index (χ3v) is 6.63. The Morgan fingerprint density at radius 2 is 1.91 bits per heavy atom. The molecule has 0 atom stereocenters. The molecule has 3 aromatic rings. The number of para-hydroxylation sites is 1. The predicted molar refractivity (Wildman–Crippen MR) is 132 cm³/mol. The normalized spacial score (nSPS) is 14.5. The second kappa shape index (κ2) is 10.1. The van der Waals surface area contributed by atoms with Crippen LogP contribution in [-0.2, 0) is 18.3 Å². The molecule has 3 heterocycles. The van der Waals surface area contributed by atoms with Crippen LogP contribution in [0.4, 0.5) is 5.95 Å². The molecule has 7 nitrogen and oxygen atoms in total. The lowest BCUT2D eigenvalue weighted by molar-refractivity contribution is -0.131. The first-order valence-electron chi connectivity index (χ1n) is 11.7. The highest BCUT2D eigenvalue weighted by atomic mass is 16.3. The van der Waals surface area contributed by atoms with Gasteiger partial charge in [-0.25, -0.2) is 9.97 Å². The van der Waals surface area contributed by atoms with Crippen molar-refractivity contribution in [2.45, 2.75) is 32.6 Å². The van der Waals surface area contributed by atoms with E-state index in [1.165, 1.54) is 16.5 Å². The van der Waals surface area contributed by atoms with Crippen LogP contribution in [0.25, 0.3) is 16.7 Å². The van der Waals surface area contributed by atoms with Gasteiger partial charge in [0.1, 0.15) is 5.76 Å². The summed E-state index contributed by atoms with van der Waals surface area (Å²) in [5, 5.41) is 10.7. The zero-order valence-electron chi connectivity index (χ0n) is 19.6. The number of aliphatic hydroxyl groups excluding tert-OH is 1. The van der Waals surface area contributed by atoms with Gasteiger partial charge in [0.25, 0.3) is 0 Å². The van der Waals surface area contributed by atoms with E-state index in [-0.39, 0.29) is 11.7 Å². The minimum Gasteiger partial charge on any atom is -0.508 e. The molecule has 1 saturated heterocycles. The molecule has 0 unspecified atom stereocenters. The van der Waals surface area contributed by atoms with Gasteiger partial charge >= 0.3 is 0 Å². The number of hydrogen-bond acceptors (Lipinski definition) is 5. The number of aromatic nitrogens is 3. The van der Waals surface area contributed by atoms with E-state index in [4.69, 9.17) is 0 Å². The second-order valence-corrected chi connectivity index (χ2v) is 8.87. The number of aliphatic hydroxyl groups is 1. The SMILES string of the molecule is C=C(O)c1cnc(N2CCC(CN(CCc3cn(C)c4ccccc34)C(=O)CC)CC2)nc1. The van der Waals surface area contributed by atoms with E-state index in [0.717, 1.165) is 45.4 Å². The molecule has 174 valence electrons. The Labute approximate surface area is 195 Å². The smallest absolute Gasteiger partial charge is 0.225 e. The number of fused-ring (bicyclic) bond motifs is 1. The van der Waals surface area contributed by atoms with E-state index in [1.807, 2.05) is 6.92 Å². The monoisotopic (exact) mass is 447 g/mol. The molecule has 1 N–H and O–H groups in total. The highest BCUT2D eigenvalue weighted by Gasteiger charge is 2.24. The minimum absolute atomic E-state index is 0.0237. The molecule has 1 aromatic carbocycles. The van der Waals surface area contributed by atoms with Crippen molar-refractivity contribution in [3.8, 4) is 0 Å². The molecule has 0 bridgehead atoms. The molecule has 33 heavy (non-hydrogen) atoms. The standard InChI is InChI=1S/C26H33N5O2/c1-4-25(33)31(14-11-21-18-29(3)24-8-6-5-7-23(21)24)17-20-9-12-30(13-10-20)26-27-15-22(16-28-26)19(2)32/h5-8,15-16,18,20,32H,2,4,9-14,17H2,1,3H3. The van der Waals surface area contributed by atoms with Crippen molar-refractivity contribution in [3.05, 3.63) is 60.6 Å². The number of carbonyl (C=O) groups excluding carboxylic acids is 1. The number of piperidine rings is 1. The largest absolute Gasteiger partial charge is 0.508 e. The Balaban J connectivity index is 1.35. The van der Waals surface area contributed by atoms with E-state index in [0.29, 0.717) is 23.9 Å². The Bertz CT molecular complexity index is 1110. The number of hydrogen-bond donors (Lipinski definition) is 1. The average molecular weight is 448 g/mol. The van der Waals surface area contributed by atoms with E-state index >= 15 is 0 Å². The summed E-state index contributed by atoms with van der Waals surface area (Å²) in [5.41, 5.74) is 3.06. The van der Waals surface area contributed by atoms with Gasteiger partial charge in [0, 0.05) is 69.1 Å². The van der Waals surface area contributed by atoms with Crippen LogP contribution in [0.3, 0.4) is 0 Å². The van der Waals surface area contributed by atoms with Gasteiger partial charge in [0.15, 0.2) is 0 Å². The Morgan fingerprint density at radius 3 is 2.58 bits per heavy atom. The van der Waals surface area contributed by atoms with Crippen LogP contribution in [0.2, 0.25) is 0 Å². The first-order chi connectivity index (χ1) is 16.0. The lowest BCUT2D eigenvalue weighted by Gasteiger charge is -2.35. The molecule has 0 spiro atoms. The third-order valence-electron chi connectivity index (χ3n) is 6.63. The molecule has 7 heteroatoms. The summed E-state index contributed by atoms with van der Waals surface area (Å²) in [5.74, 6) is 1.35. The zero-order chi connectivity index (χ0) is 23.4. The molecule has 1 fully saturated rings. The minimum atomic E-state index is -0.0237. The van der Waals surface area contributed by atoms with Gasteiger partial charge in [-0.05, 0) is 36.8 Å². The number of carbonyl (C=O) groups is 1. The van der Waals surface area contributed by atoms with Crippen LogP contribution in [0.1, 0.15) is 37.3 Å². The van der Waals surface area contributed by atoms with Crippen molar-refractivity contribution in [2.75, 3.05) is 31.1 Å². The molecule has 1 aliphatic rings. The number of amides is 1. The van der Waals surface area contributed by atoms with Gasteiger partial charge in [-0.1, -0.05) is 31.7 Å². The van der Waals surface area contributed by atoms with Crippen molar-refractivity contribution in [1.29, 1.82) is 0 Å². The van der Waals surface area contributed by atoms with Crippen LogP contribution in [0, 0.1) is 5.92 Å². The quantitative estimate of drug-likeness (QED) is 0.524. The summed E-state index contributed by atoms with van der Waals surface area (Å²) in [4.78, 5) is 25.7. The summed E-state index contributed by atoms with van der Waals surface area (Å²) in [6.07, 6.45) is 8.79. The van der Waals surface area contributed by atoms with E-state index < -0.39 is 0 Å². The van der Waals surface area contributed by atoms with Crippen molar-refractivity contribution in [1.82, 2.24) is 19.4 Å². The van der Waals surface area contributed by atoms with E-state index in [1.54, 1.807) is 12.4 Å². The fourth-order valence-electron chi connectivity index (χ4n) is 4.68. The topological polar surface area (TPSA) is 74.5 Å². The van der Waals surface area contributed by atoms with Gasteiger partial charge in [-0.2, -0.15) is 0 Å². The number of nitrogens with zero attached hydrogens (tertiary/aromatic N) is 5. The molecule has 2 aromatic heterocycles. The van der Waals surface area contributed by atoms with E-state index in [2.05, 4.69) is 68.4 Å². The highest BCUT2D eigenvalue weighted by Crippen LogP contribution is 2.24. The molecular formula is C26H33N5O2. The van der Waals surface area contributed by atoms with Crippen LogP contribution in [0.15, 0.2) is 49.4 Å². The Hall–Kier alpha value is -3.35. The van der Waals surface area contributed by atoms with Crippen molar-refractivity contribution in [3.63, 3.8) is 0 Å². The van der Waals surface area contributed by atoms with Crippen LogP contribution in [-0.4, -0.2) is 56.6 Å². The number of aryl methyl sites for hydroxylation is 1. The second-order valence-electron chi connectivity index (χ2n) is 8.87. The highest BCUT2D eigenvalue weighted by molar-refractivity contribution is 5.84. The fourth-order valence-corrected chi connectivity index (χ4v) is 4.68. The predicted octanol–water partition coefficient (Wildman–Crippen LogP) is 4.19. The Morgan fingerprint density at radius 1 is 1.21 bits per heavy atom. The van der Waals surface area contributed by atoms with Crippen LogP contribution < -0.4 is 4.90 Å². The maximum atomic E-state index is 12.7. The number of benzene rings is 1. The fraction of sp³-hybridized carbons (Fsp3) is 0.423. The van der Waals surface area contributed by atoms with Gasteiger partial charge in [-0.3, -0.25) is 4.79 Å². The summed E-state index contributed by atoms with van der Waals surface area (Å²) in [6.45, 7) is 8.72. The maximum absolute atomic E-state index is 12.7. The third kappa shape index (κ3) is 5.18. The molecule has 0 aliphatic carbocycles. The summed E-state index contributed by atoms with van der Waals surface area (Å²) in [7, 11) is 2.08. The zero-order valence-corrected chi connectivity index (χ0v) is 19.6. The van der Waals surface area contributed by atoms with Gasteiger partial charge in [0.2, 0.25) is 11.9 Å². The van der Waals surface area contributed by atoms with Crippen molar-refractivity contribution >= 4 is 28.5 Å². The lowest BCUT2D eigenvalue weighted by Crippen LogP contribution is -2.42. The molecular weight excluding hydrogens is 414 g/mol. The first kappa shape index (κ1) is 22.8. The summed E-state index contributed by atoms with van der Waals surface area (Å²) in [6, 6.07) is 8.44. The lowest BCUT2D eigenvalue weighted by atomic mass is 9.96. The van der Waals surface area contributed by atoms with Crippen LogP contribution >= 0.6 is 0 Å². The first-order valence-corrected chi connectivity index (χ1v) is 11.7.